The van der Waals surface area contributed by atoms with E-state index in [9.17, 15) is 9.59 Å². The number of aryl methyl sites for hydroxylation is 1. The van der Waals surface area contributed by atoms with E-state index in [1.165, 1.54) is 5.56 Å². The number of carbonyl (C=O) groups is 2. The lowest BCUT2D eigenvalue weighted by Gasteiger charge is -2.25. The minimum atomic E-state index is -0.0721. The lowest BCUT2D eigenvalue weighted by atomic mass is 10.1. The Kier molecular flexibility index (Phi) is 6.56. The summed E-state index contributed by atoms with van der Waals surface area (Å²) in [5.74, 6) is 0.626. The van der Waals surface area contributed by atoms with Crippen molar-refractivity contribution in [3.05, 3.63) is 59.7 Å². The molecule has 0 bridgehead atoms. The maximum atomic E-state index is 12.6. The first-order valence-corrected chi connectivity index (χ1v) is 10.6. The Morgan fingerprint density at radius 3 is 2.78 bits per heavy atom. The van der Waals surface area contributed by atoms with Crippen LogP contribution in [-0.4, -0.2) is 17.6 Å². The summed E-state index contributed by atoms with van der Waals surface area (Å²) < 4.78 is 0. The van der Waals surface area contributed by atoms with E-state index in [1.54, 1.807) is 11.8 Å². The number of benzene rings is 2. The number of unbranched alkanes of at least 4 members (excludes halogenated alkanes) is 1. The molecule has 1 saturated heterocycles. The second-order valence-corrected chi connectivity index (χ2v) is 7.80. The molecule has 27 heavy (non-hydrogen) atoms. The predicted molar refractivity (Wildman–Crippen MR) is 113 cm³/mol. The lowest BCUT2D eigenvalue weighted by Crippen LogP contribution is -2.28. The largest absolute Gasteiger partial charge is 0.326 e. The maximum absolute atomic E-state index is 12.6. The second-order valence-electron chi connectivity index (χ2n) is 6.73. The van der Waals surface area contributed by atoms with Crippen LogP contribution in [0, 0.1) is 0 Å². The van der Waals surface area contributed by atoms with Gasteiger partial charge in [0.15, 0.2) is 0 Å². The average Bonchev–Trinajstić information content (AvgIpc) is 3.08. The standard InChI is InChI=1S/C22H26N2O2S/c1-3-5-12-20(25)23-18-10-7-9-17(14-18)22-24(21(26)15-27-22)19-11-6-8-16(4-2)13-19/h6-11,13-14,22H,3-5,12,15H2,1-2H3,(H,23,25)/t22-/m1/s1. The molecule has 0 aromatic heterocycles. The van der Waals surface area contributed by atoms with Crippen LogP contribution in [0.5, 0.6) is 0 Å². The first-order valence-electron chi connectivity index (χ1n) is 9.54. The third-order valence-corrected chi connectivity index (χ3v) is 5.89. The zero-order chi connectivity index (χ0) is 19.2. The maximum Gasteiger partial charge on any atom is 0.238 e. The van der Waals surface area contributed by atoms with Gasteiger partial charge in [0, 0.05) is 17.8 Å². The van der Waals surface area contributed by atoms with Gasteiger partial charge < -0.3 is 5.32 Å². The Morgan fingerprint density at radius 2 is 2.00 bits per heavy atom. The van der Waals surface area contributed by atoms with Crippen LogP contribution in [0.2, 0.25) is 0 Å². The van der Waals surface area contributed by atoms with Gasteiger partial charge in [0.1, 0.15) is 5.37 Å². The molecule has 4 nitrogen and oxygen atoms in total. The Labute approximate surface area is 165 Å². The molecule has 1 N–H and O–H groups in total. The van der Waals surface area contributed by atoms with E-state index < -0.39 is 0 Å². The van der Waals surface area contributed by atoms with Crippen LogP contribution in [0.3, 0.4) is 0 Å². The molecule has 0 saturated carbocycles. The summed E-state index contributed by atoms with van der Waals surface area (Å²) in [4.78, 5) is 26.5. The van der Waals surface area contributed by atoms with Gasteiger partial charge in [-0.1, -0.05) is 44.5 Å². The molecule has 2 aromatic rings. The van der Waals surface area contributed by atoms with Gasteiger partial charge in [-0.15, -0.1) is 11.8 Å². The molecule has 0 unspecified atom stereocenters. The molecule has 3 rings (SSSR count). The third-order valence-electron chi connectivity index (χ3n) is 4.68. The van der Waals surface area contributed by atoms with E-state index in [2.05, 4.69) is 31.3 Å². The summed E-state index contributed by atoms with van der Waals surface area (Å²) in [5, 5.41) is 2.90. The zero-order valence-electron chi connectivity index (χ0n) is 15.9. The summed E-state index contributed by atoms with van der Waals surface area (Å²) in [6, 6.07) is 16.0. The Hall–Kier alpha value is -2.27. The number of nitrogens with one attached hydrogen (secondary N) is 1. The molecule has 1 fully saturated rings. The van der Waals surface area contributed by atoms with Crippen LogP contribution in [-0.2, 0) is 16.0 Å². The minimum absolute atomic E-state index is 0.0386. The number of hydrogen-bond acceptors (Lipinski definition) is 3. The second kappa shape index (κ2) is 9.09. The van der Waals surface area contributed by atoms with Gasteiger partial charge in [-0.3, -0.25) is 14.5 Å². The fourth-order valence-corrected chi connectivity index (χ4v) is 4.37. The number of rotatable bonds is 7. The van der Waals surface area contributed by atoms with E-state index in [-0.39, 0.29) is 17.2 Å². The van der Waals surface area contributed by atoms with Gasteiger partial charge in [0.05, 0.1) is 5.75 Å². The van der Waals surface area contributed by atoms with Crippen molar-refractivity contribution in [2.75, 3.05) is 16.0 Å². The number of hydrogen-bond donors (Lipinski definition) is 1. The van der Waals surface area contributed by atoms with E-state index in [0.29, 0.717) is 12.2 Å². The number of thioether (sulfide) groups is 1. The van der Waals surface area contributed by atoms with Crippen molar-refractivity contribution in [3.63, 3.8) is 0 Å². The molecule has 1 aliphatic heterocycles. The summed E-state index contributed by atoms with van der Waals surface area (Å²) in [7, 11) is 0. The topological polar surface area (TPSA) is 49.4 Å². The Balaban J connectivity index is 1.83. The van der Waals surface area contributed by atoms with E-state index in [4.69, 9.17) is 0 Å². The lowest BCUT2D eigenvalue weighted by molar-refractivity contribution is -0.116. The van der Waals surface area contributed by atoms with Gasteiger partial charge in [-0.25, -0.2) is 0 Å². The van der Waals surface area contributed by atoms with E-state index in [1.807, 2.05) is 41.3 Å². The van der Waals surface area contributed by atoms with Crippen LogP contribution < -0.4 is 10.2 Å². The highest BCUT2D eigenvalue weighted by Gasteiger charge is 2.34. The minimum Gasteiger partial charge on any atom is -0.326 e. The SMILES string of the molecule is CCCCC(=O)Nc1cccc([C@H]2SCC(=O)N2c2cccc(CC)c2)c1. The van der Waals surface area contributed by atoms with Gasteiger partial charge >= 0.3 is 0 Å². The van der Waals surface area contributed by atoms with Crippen LogP contribution in [0.15, 0.2) is 48.5 Å². The molecule has 0 radical (unpaired) electrons. The predicted octanol–water partition coefficient (Wildman–Crippen LogP) is 5.16. The monoisotopic (exact) mass is 382 g/mol. The van der Waals surface area contributed by atoms with Gasteiger partial charge in [0.2, 0.25) is 11.8 Å². The number of nitrogens with zero attached hydrogens (tertiary/aromatic N) is 1. The van der Waals surface area contributed by atoms with Crippen molar-refractivity contribution in [1.29, 1.82) is 0 Å². The fraction of sp³-hybridized carbons (Fsp3) is 0.364. The Bertz CT molecular complexity index is 821. The third kappa shape index (κ3) is 4.72. The van der Waals surface area contributed by atoms with E-state index >= 15 is 0 Å². The van der Waals surface area contributed by atoms with Crippen LogP contribution in [0.1, 0.15) is 49.6 Å². The molecule has 142 valence electrons. The van der Waals surface area contributed by atoms with Gasteiger partial charge in [-0.05, 0) is 48.2 Å². The van der Waals surface area contributed by atoms with E-state index in [0.717, 1.165) is 36.2 Å². The van der Waals surface area contributed by atoms with Crippen molar-refractivity contribution >= 4 is 35.0 Å². The first-order chi connectivity index (χ1) is 13.1. The molecule has 0 spiro atoms. The summed E-state index contributed by atoms with van der Waals surface area (Å²) in [6.07, 6.45) is 3.36. The van der Waals surface area contributed by atoms with Gasteiger partial charge in [0.25, 0.3) is 0 Å². The smallest absolute Gasteiger partial charge is 0.238 e. The van der Waals surface area contributed by atoms with Crippen LogP contribution >= 0.6 is 11.8 Å². The highest BCUT2D eigenvalue weighted by Crippen LogP contribution is 2.42. The first kappa shape index (κ1) is 19.5. The summed E-state index contributed by atoms with van der Waals surface area (Å²) in [5.41, 5.74) is 3.97. The summed E-state index contributed by atoms with van der Waals surface area (Å²) in [6.45, 7) is 4.19. The molecule has 5 heteroatoms. The van der Waals surface area contributed by atoms with Crippen molar-refractivity contribution in [2.45, 2.75) is 44.9 Å². The molecular formula is C22H26N2O2S. The van der Waals surface area contributed by atoms with Crippen molar-refractivity contribution in [3.8, 4) is 0 Å². The normalized spacial score (nSPS) is 16.6. The molecule has 2 aromatic carbocycles. The number of carbonyl (C=O) groups excluding carboxylic acids is 2. The molecule has 1 aliphatic rings. The Morgan fingerprint density at radius 1 is 1.19 bits per heavy atom. The van der Waals surface area contributed by atoms with Crippen LogP contribution in [0.25, 0.3) is 0 Å². The zero-order valence-corrected chi connectivity index (χ0v) is 16.7. The quantitative estimate of drug-likeness (QED) is 0.720. The van der Waals surface area contributed by atoms with Crippen molar-refractivity contribution < 1.29 is 9.59 Å². The molecule has 1 atom stereocenters. The molecule has 0 aliphatic carbocycles. The number of anilines is 2. The highest BCUT2D eigenvalue weighted by atomic mass is 32.2. The molecule has 1 heterocycles. The molecule has 2 amide bonds. The van der Waals surface area contributed by atoms with Gasteiger partial charge in [-0.2, -0.15) is 0 Å². The molecular weight excluding hydrogens is 356 g/mol. The van der Waals surface area contributed by atoms with Crippen LogP contribution in [0.4, 0.5) is 11.4 Å². The highest BCUT2D eigenvalue weighted by molar-refractivity contribution is 8.00. The number of amides is 2. The van der Waals surface area contributed by atoms with Crippen molar-refractivity contribution in [1.82, 2.24) is 0 Å². The fourth-order valence-electron chi connectivity index (χ4n) is 3.21. The average molecular weight is 383 g/mol. The summed E-state index contributed by atoms with van der Waals surface area (Å²) >= 11 is 1.63. The van der Waals surface area contributed by atoms with Crippen molar-refractivity contribution in [2.24, 2.45) is 0 Å².